The maximum Gasteiger partial charge on any atom is 0.264 e. The lowest BCUT2D eigenvalue weighted by Gasteiger charge is -2.34. The van der Waals surface area contributed by atoms with Crippen LogP contribution >= 0.6 is 27.5 Å². The number of aryl methyl sites for hydroxylation is 2. The zero-order chi connectivity index (χ0) is 32.7. The molecule has 4 aromatic carbocycles. The molecule has 1 atom stereocenters. The van der Waals surface area contributed by atoms with Crippen molar-refractivity contribution < 1.29 is 18.0 Å². The van der Waals surface area contributed by atoms with Gasteiger partial charge in [-0.3, -0.25) is 13.9 Å². The summed E-state index contributed by atoms with van der Waals surface area (Å²) in [7, 11) is -4.20. The first kappa shape index (κ1) is 34.2. The van der Waals surface area contributed by atoms with Gasteiger partial charge in [-0.05, 0) is 86.8 Å². The Morgan fingerprint density at radius 2 is 1.51 bits per heavy atom. The summed E-state index contributed by atoms with van der Waals surface area (Å²) in [6, 6.07) is 27.2. The third-order valence-corrected chi connectivity index (χ3v) is 9.82. The minimum Gasteiger partial charge on any atom is -0.352 e. The second kappa shape index (κ2) is 15.1. The summed E-state index contributed by atoms with van der Waals surface area (Å²) in [5.41, 5.74) is 3.47. The van der Waals surface area contributed by atoms with E-state index in [-0.39, 0.29) is 29.8 Å². The lowest BCUT2D eigenvalue weighted by molar-refractivity contribution is -0.140. The molecular formula is C35H37BrClN3O4S. The molecule has 0 fully saturated rings. The third-order valence-electron chi connectivity index (χ3n) is 7.28. The van der Waals surface area contributed by atoms with Crippen molar-refractivity contribution in [2.24, 2.45) is 0 Å². The molecule has 0 aliphatic rings. The number of carbonyl (C=O) groups is 2. The standard InChI is InChI=1S/C35H37BrClN3O4S/c1-24(2)38-35(42)33(21-27-8-6-5-7-9-27)39(22-28-12-14-29(36)15-13-28)34(41)23-40(32-19-16-30(37)20-26(32)4)45(43,44)31-17-10-25(3)11-18-31/h5-20,24,33H,21-23H2,1-4H3,(H,38,42)/t33-/m1/s1. The molecule has 2 amide bonds. The van der Waals surface area contributed by atoms with Crippen molar-refractivity contribution in [3.63, 3.8) is 0 Å². The number of amides is 2. The Balaban J connectivity index is 1.82. The van der Waals surface area contributed by atoms with Gasteiger partial charge in [-0.25, -0.2) is 8.42 Å². The topological polar surface area (TPSA) is 86.8 Å². The van der Waals surface area contributed by atoms with Gasteiger partial charge < -0.3 is 10.2 Å². The Kier molecular flexibility index (Phi) is 11.5. The first-order chi connectivity index (χ1) is 21.3. The monoisotopic (exact) mass is 709 g/mol. The molecule has 10 heteroatoms. The van der Waals surface area contributed by atoms with Crippen molar-refractivity contribution in [2.75, 3.05) is 10.8 Å². The predicted molar refractivity (Wildman–Crippen MR) is 184 cm³/mol. The van der Waals surface area contributed by atoms with Gasteiger partial charge in [-0.15, -0.1) is 0 Å². The smallest absolute Gasteiger partial charge is 0.264 e. The molecule has 0 bridgehead atoms. The van der Waals surface area contributed by atoms with Crippen LogP contribution < -0.4 is 9.62 Å². The zero-order valence-corrected chi connectivity index (χ0v) is 28.9. The first-order valence-electron chi connectivity index (χ1n) is 14.6. The van der Waals surface area contributed by atoms with E-state index >= 15 is 0 Å². The number of halogens is 2. The number of benzene rings is 4. The third kappa shape index (κ3) is 8.96. The first-order valence-corrected chi connectivity index (χ1v) is 17.2. The van der Waals surface area contributed by atoms with E-state index in [0.717, 1.165) is 25.5 Å². The fourth-order valence-corrected chi connectivity index (χ4v) is 6.94. The summed E-state index contributed by atoms with van der Waals surface area (Å²) in [6.07, 6.45) is 0.242. The molecule has 0 saturated heterocycles. The van der Waals surface area contributed by atoms with Crippen LogP contribution in [-0.2, 0) is 32.6 Å². The molecule has 0 heterocycles. The van der Waals surface area contributed by atoms with Crippen LogP contribution in [0.2, 0.25) is 5.02 Å². The van der Waals surface area contributed by atoms with Crippen LogP contribution in [0.1, 0.15) is 36.1 Å². The van der Waals surface area contributed by atoms with Crippen LogP contribution in [0, 0.1) is 13.8 Å². The largest absolute Gasteiger partial charge is 0.352 e. The average Bonchev–Trinajstić information content (AvgIpc) is 2.99. The van der Waals surface area contributed by atoms with Crippen LogP contribution in [-0.4, -0.2) is 43.8 Å². The van der Waals surface area contributed by atoms with Gasteiger partial charge in [-0.1, -0.05) is 87.7 Å². The predicted octanol–water partition coefficient (Wildman–Crippen LogP) is 7.08. The lowest BCUT2D eigenvalue weighted by Crippen LogP contribution is -2.54. The summed E-state index contributed by atoms with van der Waals surface area (Å²) in [5.74, 6) is -0.849. The normalized spacial score (nSPS) is 12.1. The fraction of sp³-hybridized carbons (Fsp3) is 0.257. The van der Waals surface area contributed by atoms with Crippen molar-refractivity contribution in [1.82, 2.24) is 10.2 Å². The highest BCUT2D eigenvalue weighted by molar-refractivity contribution is 9.10. The van der Waals surface area contributed by atoms with Gasteiger partial charge in [0, 0.05) is 28.5 Å². The van der Waals surface area contributed by atoms with E-state index in [2.05, 4.69) is 21.2 Å². The molecule has 7 nitrogen and oxygen atoms in total. The Morgan fingerprint density at radius 3 is 2.11 bits per heavy atom. The van der Waals surface area contributed by atoms with Crippen molar-refractivity contribution in [3.05, 3.63) is 129 Å². The Hall–Kier alpha value is -3.66. The fourth-order valence-electron chi connectivity index (χ4n) is 4.97. The van der Waals surface area contributed by atoms with Gasteiger partial charge in [0.15, 0.2) is 0 Å². The van der Waals surface area contributed by atoms with Gasteiger partial charge >= 0.3 is 0 Å². The second-order valence-corrected chi connectivity index (χ2v) is 14.5. The molecule has 0 spiro atoms. The summed E-state index contributed by atoms with van der Waals surface area (Å²) in [6.45, 7) is 6.89. The van der Waals surface area contributed by atoms with Crippen molar-refractivity contribution in [1.29, 1.82) is 0 Å². The Bertz CT molecular complexity index is 1730. The molecule has 45 heavy (non-hydrogen) atoms. The van der Waals surface area contributed by atoms with Crippen LogP contribution in [0.5, 0.6) is 0 Å². The highest BCUT2D eigenvalue weighted by atomic mass is 79.9. The number of hydrogen-bond donors (Lipinski definition) is 1. The molecule has 236 valence electrons. The van der Waals surface area contributed by atoms with E-state index in [0.29, 0.717) is 16.3 Å². The molecule has 0 unspecified atom stereocenters. The molecule has 0 aliphatic carbocycles. The molecule has 4 rings (SSSR count). The summed E-state index contributed by atoms with van der Waals surface area (Å²) in [4.78, 5) is 29.9. The molecular weight excluding hydrogens is 674 g/mol. The van der Waals surface area contributed by atoms with Gasteiger partial charge in [0.1, 0.15) is 12.6 Å². The maximum absolute atomic E-state index is 14.5. The molecule has 0 aromatic heterocycles. The molecule has 1 N–H and O–H groups in total. The van der Waals surface area contributed by atoms with Gasteiger partial charge in [0.25, 0.3) is 10.0 Å². The molecule has 0 saturated carbocycles. The maximum atomic E-state index is 14.5. The van der Waals surface area contributed by atoms with Crippen LogP contribution in [0.3, 0.4) is 0 Å². The van der Waals surface area contributed by atoms with E-state index in [1.165, 1.54) is 17.0 Å². The minimum absolute atomic E-state index is 0.0492. The summed E-state index contributed by atoms with van der Waals surface area (Å²) >= 11 is 9.69. The van der Waals surface area contributed by atoms with E-state index in [1.54, 1.807) is 37.3 Å². The van der Waals surface area contributed by atoms with E-state index < -0.39 is 28.5 Å². The molecule has 4 aromatic rings. The highest BCUT2D eigenvalue weighted by Gasteiger charge is 2.35. The van der Waals surface area contributed by atoms with Crippen molar-refractivity contribution in [2.45, 2.75) is 57.6 Å². The lowest BCUT2D eigenvalue weighted by atomic mass is 10.0. The van der Waals surface area contributed by atoms with E-state index in [1.807, 2.05) is 75.4 Å². The van der Waals surface area contributed by atoms with Gasteiger partial charge in [0.2, 0.25) is 11.8 Å². The average molecular weight is 711 g/mol. The molecule has 0 aliphatic heterocycles. The number of sulfonamides is 1. The van der Waals surface area contributed by atoms with Gasteiger partial charge in [-0.2, -0.15) is 0 Å². The van der Waals surface area contributed by atoms with Gasteiger partial charge in [0.05, 0.1) is 10.6 Å². The number of rotatable bonds is 12. The number of hydrogen-bond acceptors (Lipinski definition) is 4. The number of carbonyl (C=O) groups excluding carboxylic acids is 2. The number of nitrogens with zero attached hydrogens (tertiary/aromatic N) is 2. The Labute approximate surface area is 279 Å². The second-order valence-electron chi connectivity index (χ2n) is 11.3. The summed E-state index contributed by atoms with van der Waals surface area (Å²) in [5, 5.41) is 3.41. The van der Waals surface area contributed by atoms with Crippen molar-refractivity contribution >= 4 is 55.1 Å². The summed E-state index contributed by atoms with van der Waals surface area (Å²) < 4.78 is 30.4. The van der Waals surface area contributed by atoms with Crippen molar-refractivity contribution in [3.8, 4) is 0 Å². The SMILES string of the molecule is Cc1ccc(S(=O)(=O)N(CC(=O)N(Cc2ccc(Br)cc2)[C@H](Cc2ccccc2)C(=O)NC(C)C)c2ccc(Cl)cc2C)cc1. The number of anilines is 1. The minimum atomic E-state index is -4.20. The van der Waals surface area contributed by atoms with Crippen LogP contribution in [0.25, 0.3) is 0 Å². The van der Waals surface area contributed by atoms with Crippen LogP contribution in [0.15, 0.2) is 106 Å². The quantitative estimate of drug-likeness (QED) is 0.170. The van der Waals surface area contributed by atoms with E-state index in [4.69, 9.17) is 11.6 Å². The zero-order valence-electron chi connectivity index (χ0n) is 25.7. The highest BCUT2D eigenvalue weighted by Crippen LogP contribution is 2.30. The van der Waals surface area contributed by atoms with Crippen LogP contribution in [0.4, 0.5) is 5.69 Å². The Morgan fingerprint density at radius 1 is 0.867 bits per heavy atom. The van der Waals surface area contributed by atoms with E-state index in [9.17, 15) is 18.0 Å². The molecule has 0 radical (unpaired) electrons. The number of nitrogens with one attached hydrogen (secondary N) is 1.